The Morgan fingerprint density at radius 3 is 2.23 bits per heavy atom. The summed E-state index contributed by atoms with van der Waals surface area (Å²) in [6.07, 6.45) is -4.39. The number of piperazine rings is 1. The number of benzene rings is 2. The van der Waals surface area contributed by atoms with Gasteiger partial charge in [-0.25, -0.2) is 4.79 Å². The summed E-state index contributed by atoms with van der Waals surface area (Å²) < 4.78 is 39.0. The molecular weight excluding hydrogens is 397 g/mol. The van der Waals surface area contributed by atoms with Gasteiger partial charge in [0, 0.05) is 38.9 Å². The molecule has 0 saturated carbocycles. The number of nitrogens with zero attached hydrogens (tertiary/aromatic N) is 2. The van der Waals surface area contributed by atoms with E-state index < -0.39 is 29.7 Å². The second kappa shape index (κ2) is 9.17. The van der Waals surface area contributed by atoms with E-state index in [1.807, 2.05) is 40.1 Å². The molecule has 9 heteroatoms. The minimum Gasteiger partial charge on any atom is -0.369 e. The number of urea groups is 1. The van der Waals surface area contributed by atoms with Crippen molar-refractivity contribution < 1.29 is 22.8 Å². The van der Waals surface area contributed by atoms with E-state index in [-0.39, 0.29) is 0 Å². The summed E-state index contributed by atoms with van der Waals surface area (Å²) in [5.74, 6) is -0.451. The van der Waals surface area contributed by atoms with Crippen LogP contribution >= 0.6 is 0 Å². The van der Waals surface area contributed by atoms with Crippen molar-refractivity contribution in [1.82, 2.24) is 15.5 Å². The Hall–Kier alpha value is -3.07. The fraction of sp³-hybridized carbons (Fsp3) is 0.333. The Morgan fingerprint density at radius 2 is 1.63 bits per heavy atom. The zero-order valence-corrected chi connectivity index (χ0v) is 16.4. The van der Waals surface area contributed by atoms with Crippen LogP contribution in [0.2, 0.25) is 0 Å². The number of halogens is 3. The molecule has 1 heterocycles. The topological polar surface area (TPSA) is 64.7 Å². The van der Waals surface area contributed by atoms with Gasteiger partial charge in [-0.15, -0.1) is 0 Å². The number of rotatable bonds is 4. The third-order valence-electron chi connectivity index (χ3n) is 5.05. The molecule has 1 unspecified atom stereocenters. The van der Waals surface area contributed by atoms with Crippen LogP contribution in [0.25, 0.3) is 0 Å². The van der Waals surface area contributed by atoms with E-state index in [0.29, 0.717) is 31.9 Å². The lowest BCUT2D eigenvalue weighted by atomic mass is 10.0. The number of nitrogens with one attached hydrogen (secondary N) is 2. The molecule has 2 N–H and O–H groups in total. The molecular formula is C21H23F3N4O2. The highest BCUT2D eigenvalue weighted by Gasteiger charge is 2.33. The Balaban J connectivity index is 1.75. The van der Waals surface area contributed by atoms with Gasteiger partial charge in [-0.2, -0.15) is 13.2 Å². The number of hydrogen-bond acceptors (Lipinski definition) is 4. The summed E-state index contributed by atoms with van der Waals surface area (Å²) in [5, 5.41) is 4.68. The molecule has 2 aromatic rings. The number of carbonyl (C=O) groups excluding carboxylic acids is 2. The fourth-order valence-corrected chi connectivity index (χ4v) is 3.52. The van der Waals surface area contributed by atoms with E-state index in [4.69, 9.17) is 0 Å². The van der Waals surface area contributed by atoms with E-state index in [0.717, 1.165) is 17.7 Å². The van der Waals surface area contributed by atoms with E-state index in [1.54, 1.807) is 6.07 Å². The lowest BCUT2D eigenvalue weighted by molar-refractivity contribution is -0.137. The van der Waals surface area contributed by atoms with E-state index >= 15 is 0 Å². The molecule has 0 aromatic heterocycles. The Bertz CT molecular complexity index is 881. The maximum absolute atomic E-state index is 13.0. The van der Waals surface area contributed by atoms with Crippen molar-refractivity contribution in [2.45, 2.75) is 12.2 Å². The SMILES string of the molecule is CNC(=O)NC(=O)C(c1ccccc1)N1CCN(c2cccc(C(F)(F)F)c2)CC1. The van der Waals surface area contributed by atoms with E-state index in [9.17, 15) is 22.8 Å². The smallest absolute Gasteiger partial charge is 0.369 e. The molecule has 0 radical (unpaired) electrons. The van der Waals surface area contributed by atoms with Gasteiger partial charge in [0.1, 0.15) is 6.04 Å². The molecule has 2 aromatic carbocycles. The van der Waals surface area contributed by atoms with Crippen LogP contribution in [0.3, 0.4) is 0 Å². The fourth-order valence-electron chi connectivity index (χ4n) is 3.52. The summed E-state index contributed by atoms with van der Waals surface area (Å²) in [6, 6.07) is 13.1. The van der Waals surface area contributed by atoms with Crippen LogP contribution < -0.4 is 15.5 Å². The second-order valence-corrected chi connectivity index (χ2v) is 6.95. The summed E-state index contributed by atoms with van der Waals surface area (Å²) in [4.78, 5) is 28.2. The molecule has 1 atom stereocenters. The quantitative estimate of drug-likeness (QED) is 0.798. The molecule has 1 aliphatic heterocycles. The van der Waals surface area contributed by atoms with Crippen molar-refractivity contribution in [3.63, 3.8) is 0 Å². The minimum atomic E-state index is -4.39. The molecule has 0 bridgehead atoms. The van der Waals surface area contributed by atoms with Gasteiger partial charge in [0.05, 0.1) is 5.56 Å². The van der Waals surface area contributed by atoms with Crippen molar-refractivity contribution >= 4 is 17.6 Å². The van der Waals surface area contributed by atoms with E-state index in [1.165, 1.54) is 13.1 Å². The summed E-state index contributed by atoms with van der Waals surface area (Å²) in [6.45, 7) is 1.82. The zero-order valence-electron chi connectivity index (χ0n) is 16.4. The van der Waals surface area contributed by atoms with Crippen molar-refractivity contribution in [3.8, 4) is 0 Å². The van der Waals surface area contributed by atoms with Crippen LogP contribution in [0.4, 0.5) is 23.7 Å². The zero-order chi connectivity index (χ0) is 21.7. The monoisotopic (exact) mass is 420 g/mol. The predicted molar refractivity (Wildman–Crippen MR) is 107 cm³/mol. The average Bonchev–Trinajstić information content (AvgIpc) is 2.74. The molecule has 6 nitrogen and oxygen atoms in total. The number of alkyl halides is 3. The summed E-state index contributed by atoms with van der Waals surface area (Å²) in [5.41, 5.74) is 0.552. The summed E-state index contributed by atoms with van der Waals surface area (Å²) >= 11 is 0. The number of anilines is 1. The Kier molecular flexibility index (Phi) is 6.61. The third kappa shape index (κ3) is 5.10. The van der Waals surface area contributed by atoms with Crippen LogP contribution in [0.5, 0.6) is 0 Å². The molecule has 3 rings (SSSR count). The third-order valence-corrected chi connectivity index (χ3v) is 5.05. The molecule has 30 heavy (non-hydrogen) atoms. The Morgan fingerprint density at radius 1 is 0.967 bits per heavy atom. The van der Waals surface area contributed by atoms with Crippen molar-refractivity contribution in [2.75, 3.05) is 38.1 Å². The van der Waals surface area contributed by atoms with Crippen LogP contribution in [0, 0.1) is 0 Å². The standard InChI is InChI=1S/C21H23F3N4O2/c1-25-20(30)26-19(29)18(15-6-3-2-4-7-15)28-12-10-27(11-13-28)17-9-5-8-16(14-17)21(22,23)24/h2-9,14,18H,10-13H2,1H3,(H2,25,26,29,30). The number of amides is 3. The molecule has 1 aliphatic rings. The number of carbonyl (C=O) groups is 2. The Labute approximate surface area is 172 Å². The highest BCUT2D eigenvalue weighted by molar-refractivity contribution is 5.97. The van der Waals surface area contributed by atoms with Crippen LogP contribution in [-0.2, 0) is 11.0 Å². The summed E-state index contributed by atoms with van der Waals surface area (Å²) in [7, 11) is 1.42. The van der Waals surface area contributed by atoms with E-state index in [2.05, 4.69) is 10.6 Å². The lowest BCUT2D eigenvalue weighted by Crippen LogP contribution is -2.52. The van der Waals surface area contributed by atoms with Crippen LogP contribution in [0.15, 0.2) is 54.6 Å². The number of imide groups is 1. The van der Waals surface area contributed by atoms with Gasteiger partial charge in [-0.05, 0) is 23.8 Å². The average molecular weight is 420 g/mol. The highest BCUT2D eigenvalue weighted by Crippen LogP contribution is 2.32. The minimum absolute atomic E-state index is 0.451. The lowest BCUT2D eigenvalue weighted by Gasteiger charge is -2.39. The van der Waals surface area contributed by atoms with Crippen molar-refractivity contribution in [2.24, 2.45) is 0 Å². The van der Waals surface area contributed by atoms with Crippen molar-refractivity contribution in [1.29, 1.82) is 0 Å². The van der Waals surface area contributed by atoms with Gasteiger partial charge in [-0.1, -0.05) is 36.4 Å². The van der Waals surface area contributed by atoms with Crippen LogP contribution in [0.1, 0.15) is 17.2 Å². The first kappa shape index (κ1) is 21.6. The van der Waals surface area contributed by atoms with Crippen molar-refractivity contribution in [3.05, 3.63) is 65.7 Å². The molecule has 0 aliphatic carbocycles. The number of hydrogen-bond donors (Lipinski definition) is 2. The highest BCUT2D eigenvalue weighted by atomic mass is 19.4. The molecule has 160 valence electrons. The van der Waals surface area contributed by atoms with Crippen LogP contribution in [-0.4, -0.2) is 50.1 Å². The first-order valence-electron chi connectivity index (χ1n) is 9.53. The maximum Gasteiger partial charge on any atom is 0.416 e. The molecule has 0 spiro atoms. The van der Waals surface area contributed by atoms with Gasteiger partial charge in [0.2, 0.25) is 5.91 Å². The first-order chi connectivity index (χ1) is 14.3. The van der Waals surface area contributed by atoms with Gasteiger partial charge in [-0.3, -0.25) is 15.0 Å². The molecule has 3 amide bonds. The molecule has 1 saturated heterocycles. The largest absolute Gasteiger partial charge is 0.416 e. The predicted octanol–water partition coefficient (Wildman–Crippen LogP) is 3.02. The van der Waals surface area contributed by atoms with Gasteiger partial charge >= 0.3 is 12.2 Å². The second-order valence-electron chi connectivity index (χ2n) is 6.95. The normalized spacial score (nSPS) is 16.1. The van der Waals surface area contributed by atoms with Gasteiger partial charge < -0.3 is 10.2 Å². The molecule has 1 fully saturated rings. The van der Waals surface area contributed by atoms with Gasteiger partial charge in [0.15, 0.2) is 0 Å². The first-order valence-corrected chi connectivity index (χ1v) is 9.53. The van der Waals surface area contributed by atoms with Gasteiger partial charge in [0.25, 0.3) is 0 Å². The maximum atomic E-state index is 13.0.